The van der Waals surface area contributed by atoms with Gasteiger partial charge in [0.25, 0.3) is 0 Å². The third kappa shape index (κ3) is 4.67. The van der Waals surface area contributed by atoms with Gasteiger partial charge in [-0.1, -0.05) is 0 Å². The molecule has 15 heteroatoms. The van der Waals surface area contributed by atoms with Gasteiger partial charge in [0.05, 0.1) is 16.9 Å². The van der Waals surface area contributed by atoms with Crippen LogP contribution >= 0.6 is 0 Å². The maximum atomic E-state index is 13.3. The predicted molar refractivity (Wildman–Crippen MR) is 131 cm³/mol. The van der Waals surface area contributed by atoms with Crippen LogP contribution in [0.2, 0.25) is 0 Å². The van der Waals surface area contributed by atoms with Gasteiger partial charge in [0, 0.05) is 23.6 Å². The second-order valence-electron chi connectivity index (χ2n) is 7.90. The minimum absolute atomic E-state index is 0.0398. The summed E-state index contributed by atoms with van der Waals surface area (Å²) in [4.78, 5) is 46.6. The summed E-state index contributed by atoms with van der Waals surface area (Å²) in [6.07, 6.45) is -0.721. The summed E-state index contributed by atoms with van der Waals surface area (Å²) in [6.45, 7) is 0. The highest BCUT2D eigenvalue weighted by molar-refractivity contribution is 6.01. The second kappa shape index (κ2) is 9.20. The van der Waals surface area contributed by atoms with E-state index in [2.05, 4.69) is 30.7 Å². The average molecular weight is 523 g/mol. The van der Waals surface area contributed by atoms with E-state index in [1.54, 1.807) is 12.1 Å². The van der Waals surface area contributed by atoms with Crippen LogP contribution in [-0.4, -0.2) is 35.3 Å². The van der Waals surface area contributed by atoms with Gasteiger partial charge in [-0.15, -0.1) is 0 Å². The number of benzene rings is 2. The molecule has 5 aromatic rings. The van der Waals surface area contributed by atoms with E-state index in [0.717, 1.165) is 12.1 Å². The Morgan fingerprint density at radius 2 is 1.79 bits per heavy atom. The standard InChI is InChI=1S/C23H16F3N9O3/c24-23(25,26)12-1-6-16(35-11-28-10-29-35)15(9-12)31-21(37)30-13-2-4-14(5-3-13)34-8-7-17(36)18-19(27)32-22(38)33-20(18)34/h1-11H,(H2,30,31,37)(H3,27,32,33,38). The third-order valence-corrected chi connectivity index (χ3v) is 5.43. The van der Waals surface area contributed by atoms with Crippen LogP contribution in [0.15, 0.2) is 77.0 Å². The lowest BCUT2D eigenvalue weighted by atomic mass is 10.1. The molecule has 0 aliphatic carbocycles. The summed E-state index contributed by atoms with van der Waals surface area (Å²) in [6, 6.07) is 9.46. The smallest absolute Gasteiger partial charge is 0.384 e. The Hall–Kier alpha value is -5.47. The molecule has 3 aromatic heterocycles. The Morgan fingerprint density at radius 3 is 2.47 bits per heavy atom. The van der Waals surface area contributed by atoms with Crippen molar-refractivity contribution in [3.8, 4) is 11.4 Å². The average Bonchev–Trinajstić information content (AvgIpc) is 3.39. The van der Waals surface area contributed by atoms with Gasteiger partial charge in [0.15, 0.2) is 11.1 Å². The molecule has 12 nitrogen and oxygen atoms in total. The molecule has 0 aliphatic heterocycles. The number of hydrogen-bond donors (Lipinski definition) is 4. The number of aromatic amines is 1. The lowest BCUT2D eigenvalue weighted by molar-refractivity contribution is -0.137. The maximum absolute atomic E-state index is 13.3. The molecule has 3 heterocycles. The molecule has 192 valence electrons. The number of carbonyl (C=O) groups excluding carboxylic acids is 1. The number of amides is 2. The van der Waals surface area contributed by atoms with Crippen molar-refractivity contribution in [2.24, 2.45) is 0 Å². The van der Waals surface area contributed by atoms with Crippen molar-refractivity contribution in [2.45, 2.75) is 6.18 Å². The highest BCUT2D eigenvalue weighted by Gasteiger charge is 2.31. The molecule has 0 saturated carbocycles. The van der Waals surface area contributed by atoms with E-state index in [0.29, 0.717) is 11.4 Å². The molecule has 38 heavy (non-hydrogen) atoms. The van der Waals surface area contributed by atoms with Crippen LogP contribution in [-0.2, 0) is 6.18 Å². The van der Waals surface area contributed by atoms with E-state index in [9.17, 15) is 27.6 Å². The SMILES string of the molecule is Nc1[nH]c(=O)nc2c1c(=O)ccn2-c1ccc(NC(=O)Nc2cc(C(F)(F)F)ccc2-n2cncn2)cc1. The molecule has 0 bridgehead atoms. The zero-order chi connectivity index (χ0) is 27.0. The number of aromatic nitrogens is 6. The number of nitrogens with zero attached hydrogens (tertiary/aromatic N) is 5. The van der Waals surface area contributed by atoms with E-state index < -0.39 is 28.9 Å². The highest BCUT2D eigenvalue weighted by Crippen LogP contribution is 2.33. The molecular weight excluding hydrogens is 507 g/mol. The number of nitrogens with one attached hydrogen (secondary N) is 3. The molecule has 0 aliphatic rings. The number of hydrogen-bond acceptors (Lipinski definition) is 7. The third-order valence-electron chi connectivity index (χ3n) is 5.43. The van der Waals surface area contributed by atoms with Crippen LogP contribution in [0, 0.1) is 0 Å². The van der Waals surface area contributed by atoms with E-state index in [-0.39, 0.29) is 28.2 Å². The first-order valence-electron chi connectivity index (χ1n) is 10.8. The fraction of sp³-hybridized carbons (Fsp3) is 0.0435. The number of rotatable bonds is 4. The molecule has 0 radical (unpaired) electrons. The Morgan fingerprint density at radius 1 is 1.03 bits per heavy atom. The summed E-state index contributed by atoms with van der Waals surface area (Å²) >= 11 is 0. The molecule has 5 N–H and O–H groups in total. The molecule has 2 aromatic carbocycles. The topological polar surface area (TPSA) is 166 Å². The Labute approximate surface area is 209 Å². The number of alkyl halides is 3. The van der Waals surface area contributed by atoms with E-state index in [1.807, 2.05) is 0 Å². The zero-order valence-electron chi connectivity index (χ0n) is 19.0. The van der Waals surface area contributed by atoms with E-state index in [1.165, 1.54) is 52.4 Å². The minimum Gasteiger partial charge on any atom is -0.384 e. The predicted octanol–water partition coefficient (Wildman–Crippen LogP) is 2.90. The van der Waals surface area contributed by atoms with Crippen molar-refractivity contribution in [3.63, 3.8) is 0 Å². The summed E-state index contributed by atoms with van der Waals surface area (Å²) < 4.78 is 42.4. The first-order chi connectivity index (χ1) is 18.1. The summed E-state index contributed by atoms with van der Waals surface area (Å²) in [5, 5.41) is 8.89. The number of fused-ring (bicyclic) bond motifs is 1. The van der Waals surface area contributed by atoms with Gasteiger partial charge in [0.2, 0.25) is 0 Å². The summed E-state index contributed by atoms with van der Waals surface area (Å²) in [5.74, 6) is -0.117. The number of halogens is 3. The summed E-state index contributed by atoms with van der Waals surface area (Å²) in [5.41, 5.74) is 4.54. The largest absolute Gasteiger partial charge is 0.416 e. The highest BCUT2D eigenvalue weighted by atomic mass is 19.4. The van der Waals surface area contributed by atoms with Crippen LogP contribution in [0.1, 0.15) is 5.56 Å². The number of nitrogens with two attached hydrogens (primary N) is 1. The maximum Gasteiger partial charge on any atom is 0.416 e. The monoisotopic (exact) mass is 523 g/mol. The van der Waals surface area contributed by atoms with Gasteiger partial charge in [0.1, 0.15) is 23.9 Å². The normalized spacial score (nSPS) is 11.4. The van der Waals surface area contributed by atoms with Gasteiger partial charge in [-0.2, -0.15) is 23.3 Å². The van der Waals surface area contributed by atoms with Crippen molar-refractivity contribution in [3.05, 3.63) is 93.7 Å². The lowest BCUT2D eigenvalue weighted by Crippen LogP contribution is -2.21. The molecule has 5 rings (SSSR count). The van der Waals surface area contributed by atoms with Gasteiger partial charge in [-0.05, 0) is 42.5 Å². The molecule has 0 saturated heterocycles. The van der Waals surface area contributed by atoms with Gasteiger partial charge in [-0.3, -0.25) is 9.78 Å². The van der Waals surface area contributed by atoms with Gasteiger partial charge in [-0.25, -0.2) is 19.3 Å². The quantitative estimate of drug-likeness (QED) is 0.281. The number of carbonyl (C=O) groups is 1. The second-order valence-corrected chi connectivity index (χ2v) is 7.90. The number of urea groups is 1. The lowest BCUT2D eigenvalue weighted by Gasteiger charge is -2.15. The molecule has 0 atom stereocenters. The van der Waals surface area contributed by atoms with Crippen molar-refractivity contribution in [2.75, 3.05) is 16.4 Å². The molecule has 2 amide bonds. The molecule has 0 fully saturated rings. The Bertz CT molecular complexity index is 1780. The number of nitrogen functional groups attached to an aromatic ring is 1. The van der Waals surface area contributed by atoms with Gasteiger partial charge >= 0.3 is 17.9 Å². The van der Waals surface area contributed by atoms with Crippen molar-refractivity contribution < 1.29 is 18.0 Å². The fourth-order valence-corrected chi connectivity index (χ4v) is 3.73. The van der Waals surface area contributed by atoms with Crippen LogP contribution in [0.3, 0.4) is 0 Å². The molecular formula is C23H16F3N9O3. The molecule has 0 unspecified atom stereocenters. The number of pyridine rings is 1. The fourth-order valence-electron chi connectivity index (χ4n) is 3.73. The van der Waals surface area contributed by atoms with Crippen LogP contribution in [0.25, 0.3) is 22.4 Å². The Balaban J connectivity index is 1.41. The first kappa shape index (κ1) is 24.2. The van der Waals surface area contributed by atoms with Gasteiger partial charge < -0.3 is 20.9 Å². The number of anilines is 3. The van der Waals surface area contributed by atoms with E-state index in [4.69, 9.17) is 5.73 Å². The molecule has 0 spiro atoms. The van der Waals surface area contributed by atoms with Crippen LogP contribution in [0.4, 0.5) is 35.2 Å². The van der Waals surface area contributed by atoms with Crippen molar-refractivity contribution in [1.29, 1.82) is 0 Å². The van der Waals surface area contributed by atoms with Crippen molar-refractivity contribution in [1.82, 2.24) is 29.3 Å². The van der Waals surface area contributed by atoms with Crippen LogP contribution in [0.5, 0.6) is 0 Å². The minimum atomic E-state index is -4.62. The number of H-pyrrole nitrogens is 1. The summed E-state index contributed by atoms with van der Waals surface area (Å²) in [7, 11) is 0. The first-order valence-corrected chi connectivity index (χ1v) is 10.8. The zero-order valence-corrected chi connectivity index (χ0v) is 19.0. The van der Waals surface area contributed by atoms with Crippen LogP contribution < -0.4 is 27.5 Å². The van der Waals surface area contributed by atoms with Crippen molar-refractivity contribution >= 4 is 34.3 Å². The van der Waals surface area contributed by atoms with E-state index >= 15 is 0 Å². The Kier molecular flexibility index (Phi) is 5.87.